The molecule has 1 aliphatic carbocycles. The number of nitriles is 1. The van der Waals surface area contributed by atoms with Crippen molar-refractivity contribution in [3.8, 4) is 6.07 Å². The number of carbonyl (C=O) groups excluding carboxylic acids is 2. The van der Waals surface area contributed by atoms with Gasteiger partial charge in [-0.15, -0.1) is 0 Å². The van der Waals surface area contributed by atoms with Crippen molar-refractivity contribution < 1.29 is 14.3 Å². The molecule has 24 heavy (non-hydrogen) atoms. The Hall–Kier alpha value is -2.26. The van der Waals surface area contributed by atoms with Gasteiger partial charge >= 0.3 is 5.97 Å². The summed E-state index contributed by atoms with van der Waals surface area (Å²) in [7, 11) is 1.59. The highest BCUT2D eigenvalue weighted by molar-refractivity contribution is 6.33. The van der Waals surface area contributed by atoms with Gasteiger partial charge in [-0.25, -0.2) is 4.79 Å². The van der Waals surface area contributed by atoms with E-state index < -0.39 is 24.0 Å². The molecule has 0 unspecified atom stereocenters. The van der Waals surface area contributed by atoms with Crippen LogP contribution in [0.4, 0.5) is 5.69 Å². The summed E-state index contributed by atoms with van der Waals surface area (Å²) in [6.45, 7) is -0.415. The van der Waals surface area contributed by atoms with Crippen LogP contribution in [-0.2, 0) is 9.53 Å². The van der Waals surface area contributed by atoms with Crippen LogP contribution in [0, 0.1) is 11.3 Å². The van der Waals surface area contributed by atoms with Gasteiger partial charge in [0, 0.05) is 7.05 Å². The number of benzene rings is 1. The first-order valence-electron chi connectivity index (χ1n) is 7.80. The smallest absolute Gasteiger partial charge is 0.338 e. The average molecular weight is 350 g/mol. The Morgan fingerprint density at radius 3 is 2.62 bits per heavy atom. The monoisotopic (exact) mass is 349 g/mol. The Bertz CT molecular complexity index is 678. The van der Waals surface area contributed by atoms with Gasteiger partial charge in [0.05, 0.1) is 22.3 Å². The van der Waals surface area contributed by atoms with Gasteiger partial charge in [-0.05, 0) is 31.0 Å². The Morgan fingerprint density at radius 1 is 1.38 bits per heavy atom. The number of hydrogen-bond acceptors (Lipinski definition) is 5. The fourth-order valence-corrected chi connectivity index (χ4v) is 2.99. The van der Waals surface area contributed by atoms with E-state index in [-0.39, 0.29) is 11.3 Å². The first kappa shape index (κ1) is 18.1. The number of nitrogens with two attached hydrogens (primary N) is 1. The number of amides is 1. The van der Waals surface area contributed by atoms with Crippen LogP contribution in [0.15, 0.2) is 18.2 Å². The fraction of sp³-hybridized carbons (Fsp3) is 0.471. The van der Waals surface area contributed by atoms with Gasteiger partial charge < -0.3 is 15.4 Å². The quantitative estimate of drug-likeness (QED) is 0.666. The summed E-state index contributed by atoms with van der Waals surface area (Å²) in [5, 5.41) is 9.84. The van der Waals surface area contributed by atoms with Crippen molar-refractivity contribution >= 4 is 29.2 Å². The lowest BCUT2D eigenvalue weighted by atomic mass is 9.81. The van der Waals surface area contributed by atoms with E-state index in [1.54, 1.807) is 7.05 Å². The molecule has 6 nitrogen and oxygen atoms in total. The number of carbonyl (C=O) groups is 2. The zero-order valence-electron chi connectivity index (χ0n) is 13.5. The molecule has 1 aliphatic rings. The Labute approximate surface area is 146 Å². The maximum Gasteiger partial charge on any atom is 0.338 e. The minimum atomic E-state index is -0.799. The van der Waals surface area contributed by atoms with Crippen molar-refractivity contribution in [3.63, 3.8) is 0 Å². The number of rotatable bonds is 4. The SMILES string of the molecule is CN(C(=O)COC(=O)c1ccc(Cl)c(N)c1)C1(C#N)CCCCC1. The van der Waals surface area contributed by atoms with Crippen molar-refractivity contribution in [2.24, 2.45) is 0 Å². The van der Waals surface area contributed by atoms with Crippen LogP contribution in [0.5, 0.6) is 0 Å². The number of esters is 1. The van der Waals surface area contributed by atoms with Gasteiger partial charge in [-0.3, -0.25) is 4.79 Å². The standard InChI is InChI=1S/C17H20ClN3O3/c1-21(17(11-19)7-3-2-4-8-17)15(22)10-24-16(23)12-5-6-13(18)14(20)9-12/h5-6,9H,2-4,7-8,10,20H2,1H3. The van der Waals surface area contributed by atoms with E-state index in [1.807, 2.05) is 0 Å². The third-order valence-electron chi connectivity index (χ3n) is 4.46. The minimum Gasteiger partial charge on any atom is -0.452 e. The Balaban J connectivity index is 1.97. The van der Waals surface area contributed by atoms with E-state index in [2.05, 4.69) is 6.07 Å². The number of halogens is 1. The molecular weight excluding hydrogens is 330 g/mol. The first-order chi connectivity index (χ1) is 11.4. The van der Waals surface area contributed by atoms with Crippen LogP contribution in [-0.4, -0.2) is 36.0 Å². The van der Waals surface area contributed by atoms with Crippen LogP contribution < -0.4 is 5.73 Å². The normalized spacial score (nSPS) is 16.0. The molecule has 0 spiro atoms. The molecule has 2 rings (SSSR count). The van der Waals surface area contributed by atoms with Crippen LogP contribution in [0.2, 0.25) is 5.02 Å². The molecule has 0 atom stereocenters. The number of nitrogen functional groups attached to an aromatic ring is 1. The molecule has 2 N–H and O–H groups in total. The zero-order valence-corrected chi connectivity index (χ0v) is 14.3. The summed E-state index contributed by atoms with van der Waals surface area (Å²) >= 11 is 5.80. The molecule has 1 amide bonds. The van der Waals surface area contributed by atoms with E-state index >= 15 is 0 Å². The molecule has 7 heteroatoms. The lowest BCUT2D eigenvalue weighted by Gasteiger charge is -2.38. The summed E-state index contributed by atoms with van der Waals surface area (Å²) in [6.07, 6.45) is 4.18. The lowest BCUT2D eigenvalue weighted by molar-refractivity contribution is -0.138. The number of nitrogens with zero attached hydrogens (tertiary/aromatic N) is 2. The highest BCUT2D eigenvalue weighted by atomic mass is 35.5. The molecular formula is C17H20ClN3O3. The van der Waals surface area contributed by atoms with Crippen LogP contribution in [0.1, 0.15) is 42.5 Å². The van der Waals surface area contributed by atoms with Crippen LogP contribution in [0.25, 0.3) is 0 Å². The Morgan fingerprint density at radius 2 is 2.04 bits per heavy atom. The van der Waals surface area contributed by atoms with Crippen LogP contribution in [0.3, 0.4) is 0 Å². The topological polar surface area (TPSA) is 96.4 Å². The number of anilines is 1. The highest BCUT2D eigenvalue weighted by Crippen LogP contribution is 2.32. The van der Waals surface area contributed by atoms with Crippen molar-refractivity contribution in [3.05, 3.63) is 28.8 Å². The van der Waals surface area contributed by atoms with E-state index in [0.29, 0.717) is 17.9 Å². The van der Waals surface area contributed by atoms with Crippen molar-refractivity contribution in [2.75, 3.05) is 19.4 Å². The van der Waals surface area contributed by atoms with Crippen molar-refractivity contribution in [1.29, 1.82) is 5.26 Å². The maximum absolute atomic E-state index is 12.3. The molecule has 0 heterocycles. The summed E-state index contributed by atoms with van der Waals surface area (Å²) < 4.78 is 5.05. The maximum atomic E-state index is 12.3. The average Bonchev–Trinajstić information content (AvgIpc) is 2.61. The number of likely N-dealkylation sites (N-methyl/N-ethyl adjacent to an activating group) is 1. The highest BCUT2D eigenvalue weighted by Gasteiger charge is 2.39. The van der Waals surface area contributed by atoms with Gasteiger partial charge in [0.25, 0.3) is 5.91 Å². The molecule has 128 valence electrons. The second-order valence-electron chi connectivity index (χ2n) is 5.97. The molecule has 0 aromatic heterocycles. The largest absolute Gasteiger partial charge is 0.452 e. The van der Waals surface area contributed by atoms with Crippen LogP contribution >= 0.6 is 11.6 Å². The zero-order chi connectivity index (χ0) is 17.7. The van der Waals surface area contributed by atoms with Gasteiger partial charge in [-0.1, -0.05) is 30.9 Å². The van der Waals surface area contributed by atoms with E-state index in [4.69, 9.17) is 22.1 Å². The summed E-state index contributed by atoms with van der Waals surface area (Å²) in [6, 6.07) is 6.64. The predicted octanol–water partition coefficient (Wildman–Crippen LogP) is 2.76. The Kier molecular flexibility index (Phi) is 5.68. The molecule has 1 saturated carbocycles. The van der Waals surface area contributed by atoms with Gasteiger partial charge in [0.15, 0.2) is 6.61 Å². The summed E-state index contributed by atoms with van der Waals surface area (Å²) in [5.74, 6) is -1.05. The molecule has 1 aromatic carbocycles. The first-order valence-corrected chi connectivity index (χ1v) is 8.17. The molecule has 0 bridgehead atoms. The van der Waals surface area contributed by atoms with Gasteiger partial charge in [0.1, 0.15) is 5.54 Å². The molecule has 0 aliphatic heterocycles. The fourth-order valence-electron chi connectivity index (χ4n) is 2.88. The van der Waals surface area contributed by atoms with Gasteiger partial charge in [0.2, 0.25) is 0 Å². The number of ether oxygens (including phenoxy) is 1. The van der Waals surface area contributed by atoms with E-state index in [1.165, 1.54) is 23.1 Å². The molecule has 0 saturated heterocycles. The lowest BCUT2D eigenvalue weighted by Crippen LogP contribution is -2.51. The summed E-state index contributed by atoms with van der Waals surface area (Å²) in [5.41, 5.74) is 5.33. The van der Waals surface area contributed by atoms with E-state index in [0.717, 1.165) is 19.3 Å². The molecule has 1 fully saturated rings. The minimum absolute atomic E-state index is 0.222. The molecule has 1 aromatic rings. The third kappa shape index (κ3) is 3.80. The van der Waals surface area contributed by atoms with Gasteiger partial charge in [-0.2, -0.15) is 5.26 Å². The van der Waals surface area contributed by atoms with Crippen molar-refractivity contribution in [1.82, 2.24) is 4.90 Å². The predicted molar refractivity (Wildman–Crippen MR) is 90.3 cm³/mol. The second kappa shape index (κ2) is 7.54. The third-order valence-corrected chi connectivity index (χ3v) is 4.81. The van der Waals surface area contributed by atoms with E-state index in [9.17, 15) is 14.9 Å². The second-order valence-corrected chi connectivity index (χ2v) is 6.38. The summed E-state index contributed by atoms with van der Waals surface area (Å²) in [4.78, 5) is 25.7. The van der Waals surface area contributed by atoms with Crippen molar-refractivity contribution in [2.45, 2.75) is 37.6 Å². The number of hydrogen-bond donors (Lipinski definition) is 1. The molecule has 0 radical (unpaired) electrons.